The van der Waals surface area contributed by atoms with Crippen LogP contribution in [0.4, 0.5) is 5.82 Å². The molecule has 0 radical (unpaired) electrons. The second kappa shape index (κ2) is 12.0. The van der Waals surface area contributed by atoms with Crippen LogP contribution in [0.25, 0.3) is 31.9 Å². The summed E-state index contributed by atoms with van der Waals surface area (Å²) >= 11 is 1.51. The molecule has 2 aliphatic heterocycles. The Kier molecular flexibility index (Phi) is 7.76. The molecular formula is C35H37N5O5S2. The molecule has 12 heteroatoms. The fourth-order valence-corrected chi connectivity index (χ4v) is 10.9. The summed E-state index contributed by atoms with van der Waals surface area (Å²) in [4.78, 5) is 27.9. The molecule has 0 amide bonds. The van der Waals surface area contributed by atoms with Crippen molar-refractivity contribution in [1.29, 1.82) is 0 Å². The standard InChI is InChI=1S/C35H37N5O5S2/c1-19(2)23-18-47(42,43)34-31(30(27-17-29(41)40-45-27)26(38-32(23)34)6-5-20-10-14-44-15-11-20)28-16-21-9-13-37-35(33(21)46-28)39-25-8-7-24-22(25)4-3-12-36-24/h3-4,9,12-13,16-17,19-20,23,25H,5-8,10-11,14-15,18H2,1-2H3,(H,37,39)(H,40,41)/t23-,25+/m0/s1. The molecule has 0 bridgehead atoms. The van der Waals surface area contributed by atoms with E-state index in [-0.39, 0.29) is 34.1 Å². The number of aromatic nitrogens is 4. The summed E-state index contributed by atoms with van der Waals surface area (Å²) in [6, 6.07) is 9.56. The zero-order chi connectivity index (χ0) is 32.3. The van der Waals surface area contributed by atoms with E-state index in [1.807, 2.05) is 24.4 Å². The molecule has 5 aromatic heterocycles. The van der Waals surface area contributed by atoms with Gasteiger partial charge in [0.1, 0.15) is 5.82 Å². The number of hydrogen-bond donors (Lipinski definition) is 2. The first-order valence-electron chi connectivity index (χ1n) is 16.4. The first kappa shape index (κ1) is 30.5. The van der Waals surface area contributed by atoms with Crippen molar-refractivity contribution < 1.29 is 17.7 Å². The molecule has 5 aromatic rings. The number of ether oxygens (including phenoxy) is 1. The summed E-state index contributed by atoms with van der Waals surface area (Å²) in [7, 11) is -3.69. The minimum absolute atomic E-state index is 0.00826. The smallest absolute Gasteiger partial charge is 0.280 e. The Morgan fingerprint density at radius 1 is 1.09 bits per heavy atom. The number of nitrogens with one attached hydrogen (secondary N) is 2. The molecule has 2 atom stereocenters. The number of fused-ring (bicyclic) bond motifs is 3. The van der Waals surface area contributed by atoms with Crippen molar-refractivity contribution in [3.63, 3.8) is 0 Å². The van der Waals surface area contributed by atoms with E-state index in [0.29, 0.717) is 34.9 Å². The lowest BCUT2D eigenvalue weighted by Gasteiger charge is -2.23. The molecule has 0 aromatic carbocycles. The maximum Gasteiger partial charge on any atom is 0.280 e. The van der Waals surface area contributed by atoms with Gasteiger partial charge >= 0.3 is 0 Å². The van der Waals surface area contributed by atoms with Gasteiger partial charge in [-0.1, -0.05) is 19.9 Å². The molecule has 10 nitrogen and oxygen atoms in total. The third-order valence-electron chi connectivity index (χ3n) is 9.98. The Balaban J connectivity index is 1.32. The molecule has 0 spiro atoms. The Morgan fingerprint density at radius 3 is 2.72 bits per heavy atom. The number of hydrogen-bond acceptors (Lipinski definition) is 10. The van der Waals surface area contributed by atoms with Crippen LogP contribution >= 0.6 is 11.3 Å². The van der Waals surface area contributed by atoms with Crippen LogP contribution in [0.15, 0.2) is 56.9 Å². The van der Waals surface area contributed by atoms with E-state index in [0.717, 1.165) is 77.5 Å². The van der Waals surface area contributed by atoms with Crippen molar-refractivity contribution in [1.82, 2.24) is 20.1 Å². The van der Waals surface area contributed by atoms with E-state index in [9.17, 15) is 13.2 Å². The van der Waals surface area contributed by atoms with Crippen LogP contribution in [-0.2, 0) is 27.4 Å². The third kappa shape index (κ3) is 5.49. The summed E-state index contributed by atoms with van der Waals surface area (Å²) < 4.78 is 40.5. The van der Waals surface area contributed by atoms with Crippen LogP contribution in [0.5, 0.6) is 0 Å². The number of pyridine rings is 3. The molecule has 7 heterocycles. The highest BCUT2D eigenvalue weighted by atomic mass is 32.2. The van der Waals surface area contributed by atoms with Crippen LogP contribution in [0.1, 0.15) is 74.1 Å². The maximum atomic E-state index is 14.1. The average molecular weight is 672 g/mol. The first-order chi connectivity index (χ1) is 22.8. The van der Waals surface area contributed by atoms with Crippen LogP contribution in [-0.4, -0.2) is 47.5 Å². The van der Waals surface area contributed by atoms with Gasteiger partial charge in [-0.25, -0.2) is 13.4 Å². The summed E-state index contributed by atoms with van der Waals surface area (Å²) in [5, 5.41) is 7.06. The maximum absolute atomic E-state index is 14.1. The number of rotatable bonds is 8. The third-order valence-corrected chi connectivity index (χ3v) is 13.0. The Hall–Kier alpha value is -3.87. The topological polar surface area (TPSA) is 140 Å². The van der Waals surface area contributed by atoms with Gasteiger partial charge in [0, 0.05) is 47.7 Å². The van der Waals surface area contributed by atoms with Crippen molar-refractivity contribution in [2.45, 2.75) is 69.2 Å². The lowest BCUT2D eigenvalue weighted by atomic mass is 9.88. The van der Waals surface area contributed by atoms with Crippen molar-refractivity contribution in [3.05, 3.63) is 75.7 Å². The van der Waals surface area contributed by atoms with Crippen LogP contribution in [0.2, 0.25) is 0 Å². The van der Waals surface area contributed by atoms with Crippen molar-refractivity contribution in [3.8, 4) is 21.8 Å². The van der Waals surface area contributed by atoms with E-state index in [1.54, 1.807) is 6.20 Å². The van der Waals surface area contributed by atoms with Gasteiger partial charge in [0.2, 0.25) is 0 Å². The van der Waals surface area contributed by atoms with Crippen LogP contribution in [0, 0.1) is 11.8 Å². The zero-order valence-corrected chi connectivity index (χ0v) is 28.0. The molecule has 1 saturated heterocycles. The molecule has 1 fully saturated rings. The summed E-state index contributed by atoms with van der Waals surface area (Å²) in [6.45, 7) is 5.60. The number of sulfone groups is 1. The van der Waals surface area contributed by atoms with Crippen molar-refractivity contribution in [2.75, 3.05) is 24.3 Å². The molecule has 47 heavy (non-hydrogen) atoms. The highest BCUT2D eigenvalue weighted by Crippen LogP contribution is 2.51. The molecule has 0 unspecified atom stereocenters. The largest absolute Gasteiger partial charge is 0.381 e. The predicted octanol–water partition coefficient (Wildman–Crippen LogP) is 6.69. The highest BCUT2D eigenvalue weighted by Gasteiger charge is 2.43. The number of aromatic amines is 1. The van der Waals surface area contributed by atoms with Gasteiger partial charge in [-0.15, -0.1) is 11.3 Å². The van der Waals surface area contributed by atoms with Gasteiger partial charge < -0.3 is 14.6 Å². The van der Waals surface area contributed by atoms with Gasteiger partial charge in [0.15, 0.2) is 15.6 Å². The Bertz CT molecular complexity index is 2140. The van der Waals surface area contributed by atoms with E-state index >= 15 is 0 Å². The van der Waals surface area contributed by atoms with E-state index in [1.165, 1.54) is 23.0 Å². The highest BCUT2D eigenvalue weighted by molar-refractivity contribution is 7.92. The molecule has 1 aliphatic carbocycles. The van der Waals surface area contributed by atoms with Gasteiger partial charge in [-0.05, 0) is 79.5 Å². The number of thiophene rings is 1. The molecule has 8 rings (SSSR count). The molecule has 244 valence electrons. The number of anilines is 1. The number of H-pyrrole nitrogens is 1. The lowest BCUT2D eigenvalue weighted by molar-refractivity contribution is 0.0639. The van der Waals surface area contributed by atoms with Gasteiger partial charge in [0.25, 0.3) is 5.56 Å². The molecule has 0 saturated carbocycles. The van der Waals surface area contributed by atoms with E-state index in [2.05, 4.69) is 35.4 Å². The van der Waals surface area contributed by atoms with E-state index < -0.39 is 9.84 Å². The van der Waals surface area contributed by atoms with Crippen molar-refractivity contribution in [2.24, 2.45) is 11.8 Å². The van der Waals surface area contributed by atoms with Crippen molar-refractivity contribution >= 4 is 37.1 Å². The SMILES string of the molecule is CC(C)[C@@H]1CS(=O)(=O)c2c1nc(CCC1CCOCC1)c(-c1cc(=O)[nH]o1)c2-c1cc2ccnc(N[C@@H]3CCc4ncccc43)c2s1. The Morgan fingerprint density at radius 2 is 1.94 bits per heavy atom. The minimum Gasteiger partial charge on any atom is -0.381 e. The second-order valence-corrected chi connectivity index (χ2v) is 16.3. The van der Waals surface area contributed by atoms with E-state index in [4.69, 9.17) is 19.2 Å². The number of nitrogens with zero attached hydrogens (tertiary/aromatic N) is 3. The molecule has 2 N–H and O–H groups in total. The summed E-state index contributed by atoms with van der Waals surface area (Å²) in [5.41, 5.74) is 4.44. The fourth-order valence-electron chi connectivity index (χ4n) is 7.49. The van der Waals surface area contributed by atoms with Gasteiger partial charge in [-0.3, -0.25) is 14.8 Å². The summed E-state index contributed by atoms with van der Waals surface area (Å²) in [6.07, 6.45) is 8.92. The molecule has 3 aliphatic rings. The second-order valence-electron chi connectivity index (χ2n) is 13.3. The van der Waals surface area contributed by atoms with Gasteiger partial charge in [0.05, 0.1) is 44.4 Å². The van der Waals surface area contributed by atoms with Gasteiger partial charge in [-0.2, -0.15) is 5.16 Å². The lowest BCUT2D eigenvalue weighted by Crippen LogP contribution is -2.17. The zero-order valence-electron chi connectivity index (χ0n) is 26.4. The van der Waals surface area contributed by atoms with Crippen LogP contribution < -0.4 is 10.9 Å². The minimum atomic E-state index is -3.69. The molecular weight excluding hydrogens is 635 g/mol. The summed E-state index contributed by atoms with van der Waals surface area (Å²) in [5.74, 6) is 1.40. The number of aryl methyl sites for hydroxylation is 2. The quantitative estimate of drug-likeness (QED) is 0.185. The Labute approximate surface area is 276 Å². The van der Waals surface area contributed by atoms with Crippen LogP contribution in [0.3, 0.4) is 0 Å². The fraction of sp³-hybridized carbons (Fsp3) is 0.429. The monoisotopic (exact) mass is 671 g/mol. The average Bonchev–Trinajstić information content (AvgIpc) is 3.85. The predicted molar refractivity (Wildman–Crippen MR) is 182 cm³/mol. The normalized spacial score (nSPS) is 20.6. The first-order valence-corrected chi connectivity index (χ1v) is 18.9.